The summed E-state index contributed by atoms with van der Waals surface area (Å²) in [6.07, 6.45) is 0. The Hall–Kier alpha value is -0.920. The monoisotopic (exact) mass is 329 g/mol. The molecule has 2 aromatic rings. The average Bonchev–Trinajstić information content (AvgIpc) is 2.94. The number of hydrogen-bond donors (Lipinski definition) is 1. The molecule has 1 aliphatic heterocycles. The highest BCUT2D eigenvalue weighted by atomic mass is 35.5. The van der Waals surface area contributed by atoms with Gasteiger partial charge >= 0.3 is 0 Å². The van der Waals surface area contributed by atoms with Crippen LogP contribution in [0.5, 0.6) is 0 Å². The largest absolute Gasteiger partial charge is 0.299 e. The third-order valence-corrected chi connectivity index (χ3v) is 6.80. The number of benzene rings is 1. The van der Waals surface area contributed by atoms with Gasteiger partial charge in [-0.15, -0.1) is 11.3 Å². The minimum absolute atomic E-state index is 0.0273. The van der Waals surface area contributed by atoms with E-state index in [1.807, 2.05) is 11.4 Å². The Morgan fingerprint density at radius 2 is 2.00 bits per heavy atom. The molecule has 0 saturated carbocycles. The second-order valence-electron chi connectivity index (χ2n) is 4.43. The molecule has 20 heavy (non-hydrogen) atoms. The van der Waals surface area contributed by atoms with Crippen molar-refractivity contribution in [3.05, 3.63) is 57.2 Å². The molecule has 1 aromatic carbocycles. The van der Waals surface area contributed by atoms with Crippen molar-refractivity contribution >= 4 is 32.8 Å². The molecule has 3 rings (SSSR count). The van der Waals surface area contributed by atoms with E-state index in [0.717, 1.165) is 0 Å². The lowest BCUT2D eigenvalue weighted by atomic mass is 10.1. The molecular formula is C13H12ClNO3S2. The minimum atomic E-state index is -3.44. The van der Waals surface area contributed by atoms with Crippen molar-refractivity contribution in [2.45, 2.75) is 4.87 Å². The van der Waals surface area contributed by atoms with Crippen molar-refractivity contribution in [3.63, 3.8) is 0 Å². The van der Waals surface area contributed by atoms with Crippen molar-refractivity contribution < 1.29 is 13.3 Å². The molecule has 1 aliphatic rings. The van der Waals surface area contributed by atoms with Crippen molar-refractivity contribution in [3.8, 4) is 0 Å². The van der Waals surface area contributed by atoms with Gasteiger partial charge in [-0.3, -0.25) is 4.84 Å². The van der Waals surface area contributed by atoms with Gasteiger partial charge in [0.05, 0.1) is 12.4 Å². The first-order valence-electron chi connectivity index (χ1n) is 5.97. The molecule has 7 heteroatoms. The summed E-state index contributed by atoms with van der Waals surface area (Å²) in [4.78, 5) is 4.60. The third kappa shape index (κ3) is 2.08. The van der Waals surface area contributed by atoms with Crippen LogP contribution in [0.2, 0.25) is 5.02 Å². The molecular weight excluding hydrogens is 318 g/mol. The molecule has 0 amide bonds. The molecule has 2 heterocycles. The van der Waals surface area contributed by atoms with Crippen LogP contribution in [-0.2, 0) is 19.5 Å². The van der Waals surface area contributed by atoms with E-state index in [1.54, 1.807) is 30.3 Å². The van der Waals surface area contributed by atoms with Gasteiger partial charge < -0.3 is 0 Å². The van der Waals surface area contributed by atoms with Crippen LogP contribution < -0.4 is 5.48 Å². The number of rotatable bonds is 2. The van der Waals surface area contributed by atoms with Crippen LogP contribution >= 0.6 is 22.9 Å². The molecule has 1 atom stereocenters. The summed E-state index contributed by atoms with van der Waals surface area (Å²) in [5.74, 6) is -0.0273. The highest BCUT2D eigenvalue weighted by molar-refractivity contribution is 7.92. The summed E-state index contributed by atoms with van der Waals surface area (Å²) < 4.78 is 25.4. The van der Waals surface area contributed by atoms with Crippen molar-refractivity contribution in [2.75, 3.05) is 12.4 Å². The summed E-state index contributed by atoms with van der Waals surface area (Å²) >= 11 is 7.27. The van der Waals surface area contributed by atoms with Gasteiger partial charge in [-0.1, -0.05) is 29.8 Å². The van der Waals surface area contributed by atoms with Gasteiger partial charge in [-0.05, 0) is 29.1 Å². The number of hydroxylamine groups is 1. The first-order chi connectivity index (χ1) is 9.56. The van der Waals surface area contributed by atoms with Crippen LogP contribution in [0, 0.1) is 0 Å². The van der Waals surface area contributed by atoms with Crippen LogP contribution in [-0.4, -0.2) is 20.8 Å². The maximum atomic E-state index is 12.7. The summed E-state index contributed by atoms with van der Waals surface area (Å²) in [6, 6.07) is 10.4. The first-order valence-corrected chi connectivity index (χ1v) is 8.88. The van der Waals surface area contributed by atoms with Gasteiger partial charge in [0, 0.05) is 9.90 Å². The van der Waals surface area contributed by atoms with E-state index < -0.39 is 14.7 Å². The lowest BCUT2D eigenvalue weighted by Gasteiger charge is -2.36. The Labute approximate surface area is 126 Å². The highest BCUT2D eigenvalue weighted by Gasteiger charge is 2.50. The Kier molecular flexibility index (Phi) is 3.60. The van der Waals surface area contributed by atoms with Gasteiger partial charge in [-0.25, -0.2) is 8.42 Å². The molecule has 4 nitrogen and oxygen atoms in total. The Balaban J connectivity index is 2.26. The fourth-order valence-electron chi connectivity index (χ4n) is 2.27. The van der Waals surface area contributed by atoms with Crippen LogP contribution in [0.25, 0.3) is 0 Å². The highest BCUT2D eigenvalue weighted by Crippen LogP contribution is 2.40. The molecule has 1 fully saturated rings. The summed E-state index contributed by atoms with van der Waals surface area (Å²) in [7, 11) is -3.44. The Morgan fingerprint density at radius 3 is 2.60 bits per heavy atom. The zero-order chi connectivity index (χ0) is 14.2. The molecule has 1 N–H and O–H groups in total. The smallest absolute Gasteiger partial charge is 0.203 e. The summed E-state index contributed by atoms with van der Waals surface area (Å²) in [5, 5.41) is 2.41. The standard InChI is InChI=1S/C13H12ClNO3S2/c14-11-5-3-10(4-6-11)13(12-2-1-8-19-12)15-18-7-9-20(13,16)17/h1-6,8,15H,7,9H2. The van der Waals surface area contributed by atoms with Gasteiger partial charge in [0.1, 0.15) is 0 Å². The topological polar surface area (TPSA) is 55.4 Å². The predicted octanol–water partition coefficient (Wildman–Crippen LogP) is 2.55. The van der Waals surface area contributed by atoms with Gasteiger partial charge in [0.15, 0.2) is 9.84 Å². The fraction of sp³-hybridized carbons (Fsp3) is 0.231. The van der Waals surface area contributed by atoms with E-state index in [9.17, 15) is 8.42 Å². The molecule has 0 aliphatic carbocycles. The number of sulfone groups is 1. The molecule has 1 aromatic heterocycles. The molecule has 1 saturated heterocycles. The van der Waals surface area contributed by atoms with Gasteiger partial charge in [0.2, 0.25) is 4.87 Å². The lowest BCUT2D eigenvalue weighted by molar-refractivity contribution is 0.0118. The minimum Gasteiger partial charge on any atom is -0.299 e. The van der Waals surface area contributed by atoms with Crippen molar-refractivity contribution in [1.82, 2.24) is 5.48 Å². The fourth-order valence-corrected chi connectivity index (χ4v) is 5.37. The Morgan fingerprint density at radius 1 is 1.25 bits per heavy atom. The maximum absolute atomic E-state index is 12.7. The number of halogens is 1. The van der Waals surface area contributed by atoms with Crippen LogP contribution in [0.15, 0.2) is 41.8 Å². The SMILES string of the molecule is O=S1(=O)CCONC1(c1ccc(Cl)cc1)c1cccs1. The number of nitrogens with one attached hydrogen (secondary N) is 1. The number of thiophene rings is 1. The van der Waals surface area contributed by atoms with E-state index in [1.165, 1.54) is 11.3 Å². The van der Waals surface area contributed by atoms with E-state index in [0.29, 0.717) is 15.5 Å². The lowest BCUT2D eigenvalue weighted by Crippen LogP contribution is -2.54. The normalized spacial score (nSPS) is 25.4. The van der Waals surface area contributed by atoms with E-state index in [4.69, 9.17) is 16.4 Å². The third-order valence-electron chi connectivity index (χ3n) is 3.26. The first kappa shape index (κ1) is 14.0. The second-order valence-corrected chi connectivity index (χ2v) is 8.07. The van der Waals surface area contributed by atoms with Crippen LogP contribution in [0.3, 0.4) is 0 Å². The molecule has 106 valence electrons. The van der Waals surface area contributed by atoms with Crippen molar-refractivity contribution in [1.29, 1.82) is 0 Å². The summed E-state index contributed by atoms with van der Waals surface area (Å²) in [6.45, 7) is 0.142. The van der Waals surface area contributed by atoms with Crippen molar-refractivity contribution in [2.24, 2.45) is 0 Å². The summed E-state index contributed by atoms with van der Waals surface area (Å²) in [5.41, 5.74) is 3.34. The average molecular weight is 330 g/mol. The quantitative estimate of drug-likeness (QED) is 0.920. The van der Waals surface area contributed by atoms with Crippen LogP contribution in [0.1, 0.15) is 10.4 Å². The zero-order valence-corrected chi connectivity index (χ0v) is 12.8. The van der Waals surface area contributed by atoms with E-state index in [-0.39, 0.29) is 12.4 Å². The maximum Gasteiger partial charge on any atom is 0.203 e. The zero-order valence-electron chi connectivity index (χ0n) is 10.4. The molecule has 0 radical (unpaired) electrons. The van der Waals surface area contributed by atoms with Gasteiger partial charge in [-0.2, -0.15) is 5.48 Å². The molecule has 0 bridgehead atoms. The van der Waals surface area contributed by atoms with E-state index >= 15 is 0 Å². The second kappa shape index (κ2) is 5.13. The van der Waals surface area contributed by atoms with E-state index in [2.05, 4.69) is 5.48 Å². The molecule has 1 unspecified atom stereocenters. The predicted molar refractivity (Wildman–Crippen MR) is 79.4 cm³/mol. The number of hydrogen-bond acceptors (Lipinski definition) is 5. The molecule has 0 spiro atoms. The van der Waals surface area contributed by atoms with Gasteiger partial charge in [0.25, 0.3) is 0 Å². The Bertz CT molecular complexity index is 698. The van der Waals surface area contributed by atoms with Crippen LogP contribution in [0.4, 0.5) is 0 Å².